The number of aromatic hydroxyl groups is 1. The molecular formula is C14H19ClN2O3. The Balaban J connectivity index is 2.19. The van der Waals surface area contributed by atoms with E-state index in [0.29, 0.717) is 18.7 Å². The van der Waals surface area contributed by atoms with Crippen molar-refractivity contribution < 1.29 is 15.0 Å². The van der Waals surface area contributed by atoms with Crippen LogP contribution in [0.1, 0.15) is 18.5 Å². The molecule has 0 amide bonds. The van der Waals surface area contributed by atoms with Crippen LogP contribution < -0.4 is 0 Å². The Morgan fingerprint density at radius 3 is 2.50 bits per heavy atom. The molecular weight excluding hydrogens is 280 g/mol. The Hall–Kier alpha value is -1.30. The summed E-state index contributed by atoms with van der Waals surface area (Å²) in [4.78, 5) is 15.8. The fraction of sp³-hybridized carbons (Fsp3) is 0.500. The number of piperazine rings is 1. The Labute approximate surface area is 123 Å². The zero-order valence-corrected chi connectivity index (χ0v) is 12.2. The van der Waals surface area contributed by atoms with Crippen LogP contribution in [-0.4, -0.2) is 58.7 Å². The van der Waals surface area contributed by atoms with Crippen molar-refractivity contribution in [2.75, 3.05) is 32.7 Å². The number of phenolic OH excluding ortho intramolecular Hbond substituents is 1. The average Bonchev–Trinajstić information content (AvgIpc) is 2.43. The molecule has 1 aliphatic heterocycles. The quantitative estimate of drug-likeness (QED) is 0.887. The largest absolute Gasteiger partial charge is 0.506 e. The van der Waals surface area contributed by atoms with Gasteiger partial charge >= 0.3 is 5.97 Å². The number of carboxylic acids is 1. The summed E-state index contributed by atoms with van der Waals surface area (Å²) in [6.45, 7) is 6.24. The minimum atomic E-state index is -0.892. The third-order valence-electron chi connectivity index (χ3n) is 3.74. The van der Waals surface area contributed by atoms with E-state index in [1.165, 1.54) is 12.1 Å². The van der Waals surface area contributed by atoms with Crippen LogP contribution in [0.5, 0.6) is 5.75 Å². The van der Waals surface area contributed by atoms with Crippen LogP contribution in [0.4, 0.5) is 0 Å². The van der Waals surface area contributed by atoms with Gasteiger partial charge in [-0.1, -0.05) is 24.6 Å². The zero-order valence-electron chi connectivity index (χ0n) is 11.4. The summed E-state index contributed by atoms with van der Waals surface area (Å²) in [5.41, 5.74) is 0.602. The molecule has 1 unspecified atom stereocenters. The monoisotopic (exact) mass is 298 g/mol. The summed E-state index contributed by atoms with van der Waals surface area (Å²) in [6, 6.07) is 3.87. The van der Waals surface area contributed by atoms with Crippen molar-refractivity contribution >= 4 is 17.6 Å². The number of aliphatic carboxylic acids is 1. The Morgan fingerprint density at radius 1 is 1.35 bits per heavy atom. The molecule has 2 rings (SSSR count). The number of likely N-dealkylation sites (N-methyl/N-ethyl adjacent to an activating group) is 1. The molecule has 110 valence electrons. The maximum atomic E-state index is 11.6. The van der Waals surface area contributed by atoms with E-state index in [-0.39, 0.29) is 10.8 Å². The topological polar surface area (TPSA) is 64.0 Å². The van der Waals surface area contributed by atoms with Crippen molar-refractivity contribution in [2.45, 2.75) is 13.0 Å². The van der Waals surface area contributed by atoms with Crippen molar-refractivity contribution in [3.05, 3.63) is 28.8 Å². The van der Waals surface area contributed by atoms with Crippen molar-refractivity contribution in [2.24, 2.45) is 0 Å². The van der Waals surface area contributed by atoms with Crippen LogP contribution in [0.3, 0.4) is 0 Å². The number of hydrogen-bond acceptors (Lipinski definition) is 4. The van der Waals surface area contributed by atoms with Gasteiger partial charge in [-0.25, -0.2) is 0 Å². The van der Waals surface area contributed by atoms with Gasteiger partial charge < -0.3 is 15.1 Å². The molecule has 0 saturated carbocycles. The molecule has 1 saturated heterocycles. The fourth-order valence-electron chi connectivity index (χ4n) is 2.54. The van der Waals surface area contributed by atoms with Crippen molar-refractivity contribution in [3.63, 3.8) is 0 Å². The molecule has 6 heteroatoms. The Morgan fingerprint density at radius 2 is 2.00 bits per heavy atom. The lowest BCUT2D eigenvalue weighted by Gasteiger charge is -2.37. The van der Waals surface area contributed by atoms with E-state index < -0.39 is 12.0 Å². The number of carbonyl (C=O) groups is 1. The van der Waals surface area contributed by atoms with E-state index in [0.717, 1.165) is 19.6 Å². The maximum Gasteiger partial charge on any atom is 0.325 e. The number of carboxylic acid groups (broad SMARTS) is 1. The summed E-state index contributed by atoms with van der Waals surface area (Å²) in [5.74, 6) is -0.924. The number of hydrogen-bond donors (Lipinski definition) is 2. The lowest BCUT2D eigenvalue weighted by molar-refractivity contribution is -0.144. The fourth-order valence-corrected chi connectivity index (χ4v) is 2.73. The normalized spacial score (nSPS) is 18.9. The highest BCUT2D eigenvalue weighted by atomic mass is 35.5. The molecule has 0 spiro atoms. The third kappa shape index (κ3) is 3.23. The highest BCUT2D eigenvalue weighted by Crippen LogP contribution is 2.30. The SMILES string of the molecule is CCN1CCN(C(C(=O)O)c2ccc(O)c(Cl)c2)CC1. The summed E-state index contributed by atoms with van der Waals surface area (Å²) >= 11 is 5.88. The molecule has 1 aromatic rings. The van der Waals surface area contributed by atoms with Crippen molar-refractivity contribution in [3.8, 4) is 5.75 Å². The third-order valence-corrected chi connectivity index (χ3v) is 4.04. The van der Waals surface area contributed by atoms with Gasteiger partial charge in [0.15, 0.2) is 0 Å². The molecule has 20 heavy (non-hydrogen) atoms. The Kier molecular flexibility index (Phi) is 4.86. The molecule has 1 aliphatic rings. The standard InChI is InChI=1S/C14H19ClN2O3/c1-2-16-5-7-17(8-6-16)13(14(19)20)10-3-4-12(18)11(15)9-10/h3-4,9,13,18H,2,5-8H2,1H3,(H,19,20). The molecule has 1 fully saturated rings. The lowest BCUT2D eigenvalue weighted by Crippen LogP contribution is -2.49. The lowest BCUT2D eigenvalue weighted by atomic mass is 10.0. The molecule has 2 N–H and O–H groups in total. The number of nitrogens with zero attached hydrogens (tertiary/aromatic N) is 2. The minimum absolute atomic E-state index is 0.0321. The van der Waals surface area contributed by atoms with E-state index in [2.05, 4.69) is 11.8 Å². The summed E-state index contributed by atoms with van der Waals surface area (Å²) in [7, 11) is 0. The molecule has 5 nitrogen and oxygen atoms in total. The molecule has 1 heterocycles. The molecule has 0 aliphatic carbocycles. The van der Waals surface area contributed by atoms with Crippen LogP contribution >= 0.6 is 11.6 Å². The van der Waals surface area contributed by atoms with Gasteiger partial charge in [-0.2, -0.15) is 0 Å². The number of halogens is 1. The van der Waals surface area contributed by atoms with Gasteiger partial charge in [-0.05, 0) is 24.2 Å². The van der Waals surface area contributed by atoms with Gasteiger partial charge in [0.05, 0.1) is 5.02 Å². The van der Waals surface area contributed by atoms with Crippen molar-refractivity contribution in [1.82, 2.24) is 9.80 Å². The molecule has 0 aromatic heterocycles. The summed E-state index contributed by atoms with van der Waals surface area (Å²) < 4.78 is 0. The second kappa shape index (κ2) is 6.43. The average molecular weight is 299 g/mol. The minimum Gasteiger partial charge on any atom is -0.506 e. The first kappa shape index (κ1) is 15.1. The maximum absolute atomic E-state index is 11.6. The van der Waals surface area contributed by atoms with Crippen molar-refractivity contribution in [1.29, 1.82) is 0 Å². The van der Waals surface area contributed by atoms with Crippen LogP contribution in [0.2, 0.25) is 5.02 Å². The van der Waals surface area contributed by atoms with E-state index in [1.54, 1.807) is 6.07 Å². The predicted molar refractivity (Wildman–Crippen MR) is 77.2 cm³/mol. The van der Waals surface area contributed by atoms with Gasteiger partial charge in [-0.15, -0.1) is 0 Å². The summed E-state index contributed by atoms with van der Waals surface area (Å²) in [6.07, 6.45) is 0. The second-order valence-electron chi connectivity index (χ2n) is 4.92. The van der Waals surface area contributed by atoms with Gasteiger partial charge in [-0.3, -0.25) is 9.69 Å². The first-order valence-corrected chi connectivity index (χ1v) is 7.08. The van der Waals surface area contributed by atoms with E-state index in [1.807, 2.05) is 4.90 Å². The van der Waals surface area contributed by atoms with E-state index in [4.69, 9.17) is 11.6 Å². The second-order valence-corrected chi connectivity index (χ2v) is 5.33. The number of rotatable bonds is 4. The predicted octanol–water partition coefficient (Wildman–Crippen LogP) is 1.81. The van der Waals surface area contributed by atoms with Gasteiger partial charge in [0.25, 0.3) is 0 Å². The first-order chi connectivity index (χ1) is 9.52. The molecule has 0 radical (unpaired) electrons. The van der Waals surface area contributed by atoms with E-state index >= 15 is 0 Å². The zero-order chi connectivity index (χ0) is 14.7. The van der Waals surface area contributed by atoms with Crippen LogP contribution in [0, 0.1) is 0 Å². The van der Waals surface area contributed by atoms with Gasteiger partial charge in [0, 0.05) is 26.2 Å². The van der Waals surface area contributed by atoms with Gasteiger partial charge in [0.2, 0.25) is 0 Å². The molecule has 0 bridgehead atoms. The number of phenols is 1. The highest BCUT2D eigenvalue weighted by Gasteiger charge is 2.30. The Bertz CT molecular complexity index is 487. The summed E-state index contributed by atoms with van der Waals surface area (Å²) in [5, 5.41) is 19.1. The van der Waals surface area contributed by atoms with Crippen LogP contribution in [0.25, 0.3) is 0 Å². The molecule has 1 atom stereocenters. The number of benzene rings is 1. The smallest absolute Gasteiger partial charge is 0.325 e. The van der Waals surface area contributed by atoms with Gasteiger partial charge in [0.1, 0.15) is 11.8 Å². The molecule has 1 aromatic carbocycles. The van der Waals surface area contributed by atoms with Crippen LogP contribution in [0.15, 0.2) is 18.2 Å². The first-order valence-electron chi connectivity index (χ1n) is 6.70. The van der Waals surface area contributed by atoms with E-state index in [9.17, 15) is 15.0 Å². The van der Waals surface area contributed by atoms with Crippen LogP contribution in [-0.2, 0) is 4.79 Å². The highest BCUT2D eigenvalue weighted by molar-refractivity contribution is 6.32.